The van der Waals surface area contributed by atoms with Crippen molar-refractivity contribution in [3.63, 3.8) is 0 Å². The van der Waals surface area contributed by atoms with Gasteiger partial charge in [0.15, 0.2) is 0 Å². The van der Waals surface area contributed by atoms with Crippen LogP contribution in [0.1, 0.15) is 12.8 Å². The van der Waals surface area contributed by atoms with Gasteiger partial charge in [-0.1, -0.05) is 15.9 Å². The van der Waals surface area contributed by atoms with Gasteiger partial charge >= 0.3 is 6.03 Å². The molecule has 2 N–H and O–H groups in total. The van der Waals surface area contributed by atoms with Crippen LogP contribution in [0.3, 0.4) is 0 Å². The van der Waals surface area contributed by atoms with Crippen molar-refractivity contribution in [1.82, 2.24) is 5.32 Å². The average molecular weight is 348 g/mol. The maximum absolute atomic E-state index is 11.5. The molecule has 0 radical (unpaired) electrons. The highest BCUT2D eigenvalue weighted by molar-refractivity contribution is 9.11. The second-order valence-corrected chi connectivity index (χ2v) is 5.67. The number of carbonyl (C=O) groups excluding carboxylic acids is 1. The van der Waals surface area contributed by atoms with E-state index in [0.29, 0.717) is 5.92 Å². The Balaban J connectivity index is 1.91. The predicted octanol–water partition coefficient (Wildman–Crippen LogP) is 3.74. The standard InChI is InChI=1S/C11H12Br2N2O/c12-8-3-4-9(13)10(5-8)15-11(16)14-6-7-1-2-7/h3-5,7H,1-2,6H2,(H2,14,15,16). The van der Waals surface area contributed by atoms with Crippen LogP contribution in [0.2, 0.25) is 0 Å². The van der Waals surface area contributed by atoms with Gasteiger partial charge in [0.05, 0.1) is 5.69 Å². The summed E-state index contributed by atoms with van der Waals surface area (Å²) in [6.07, 6.45) is 2.47. The van der Waals surface area contributed by atoms with Crippen molar-refractivity contribution >= 4 is 43.6 Å². The third-order valence-electron chi connectivity index (χ3n) is 2.42. The van der Waals surface area contributed by atoms with Crippen molar-refractivity contribution < 1.29 is 4.79 Å². The van der Waals surface area contributed by atoms with E-state index in [4.69, 9.17) is 0 Å². The minimum atomic E-state index is -0.147. The summed E-state index contributed by atoms with van der Waals surface area (Å²) in [5.41, 5.74) is 0.766. The van der Waals surface area contributed by atoms with E-state index in [2.05, 4.69) is 42.5 Å². The third-order valence-corrected chi connectivity index (χ3v) is 3.61. The normalized spacial score (nSPS) is 14.6. The first-order valence-corrected chi connectivity index (χ1v) is 6.73. The van der Waals surface area contributed by atoms with Crippen molar-refractivity contribution in [1.29, 1.82) is 0 Å². The summed E-state index contributed by atoms with van der Waals surface area (Å²) < 4.78 is 1.81. The lowest BCUT2D eigenvalue weighted by atomic mass is 10.3. The number of rotatable bonds is 3. The molecule has 5 heteroatoms. The van der Waals surface area contributed by atoms with E-state index in [-0.39, 0.29) is 6.03 Å². The number of amides is 2. The number of carbonyl (C=O) groups is 1. The van der Waals surface area contributed by atoms with Gasteiger partial charge in [0.25, 0.3) is 0 Å². The molecular weight excluding hydrogens is 336 g/mol. The fraction of sp³-hybridized carbons (Fsp3) is 0.364. The summed E-state index contributed by atoms with van der Waals surface area (Å²) in [7, 11) is 0. The Labute approximate surface area is 111 Å². The van der Waals surface area contributed by atoms with E-state index < -0.39 is 0 Å². The van der Waals surface area contributed by atoms with Crippen molar-refractivity contribution in [3.8, 4) is 0 Å². The zero-order valence-electron chi connectivity index (χ0n) is 8.59. The number of benzene rings is 1. The van der Waals surface area contributed by atoms with Crippen LogP contribution in [0.4, 0.5) is 10.5 Å². The number of halogens is 2. The van der Waals surface area contributed by atoms with Crippen LogP contribution in [-0.2, 0) is 0 Å². The molecule has 2 rings (SSSR count). The summed E-state index contributed by atoms with van der Waals surface area (Å²) in [4.78, 5) is 11.5. The molecule has 1 fully saturated rings. The molecule has 0 saturated heterocycles. The second kappa shape index (κ2) is 5.19. The molecule has 86 valence electrons. The molecular formula is C11H12Br2N2O. The zero-order valence-corrected chi connectivity index (χ0v) is 11.8. The first-order valence-electron chi connectivity index (χ1n) is 5.15. The van der Waals surface area contributed by atoms with Crippen LogP contribution >= 0.6 is 31.9 Å². The van der Waals surface area contributed by atoms with E-state index in [0.717, 1.165) is 21.2 Å². The van der Waals surface area contributed by atoms with Crippen LogP contribution in [0.15, 0.2) is 27.1 Å². The first kappa shape index (κ1) is 11.9. The molecule has 1 aliphatic carbocycles. The molecule has 0 atom stereocenters. The van der Waals surface area contributed by atoms with Crippen LogP contribution in [-0.4, -0.2) is 12.6 Å². The minimum absolute atomic E-state index is 0.147. The van der Waals surface area contributed by atoms with E-state index in [1.165, 1.54) is 12.8 Å². The van der Waals surface area contributed by atoms with Crippen LogP contribution in [0.25, 0.3) is 0 Å². The molecule has 16 heavy (non-hydrogen) atoms. The molecule has 0 bridgehead atoms. The highest BCUT2D eigenvalue weighted by Gasteiger charge is 2.21. The minimum Gasteiger partial charge on any atom is -0.338 e. The Morgan fingerprint density at radius 3 is 2.81 bits per heavy atom. The monoisotopic (exact) mass is 346 g/mol. The average Bonchev–Trinajstić information content (AvgIpc) is 3.04. The quantitative estimate of drug-likeness (QED) is 0.859. The van der Waals surface area contributed by atoms with Gasteiger partial charge in [0.2, 0.25) is 0 Å². The molecule has 1 saturated carbocycles. The topological polar surface area (TPSA) is 41.1 Å². The lowest BCUT2D eigenvalue weighted by molar-refractivity contribution is 0.251. The zero-order chi connectivity index (χ0) is 11.5. The van der Waals surface area contributed by atoms with Gasteiger partial charge in [-0.2, -0.15) is 0 Å². The van der Waals surface area contributed by atoms with Crippen molar-refractivity contribution in [2.45, 2.75) is 12.8 Å². The lowest BCUT2D eigenvalue weighted by Gasteiger charge is -2.09. The van der Waals surface area contributed by atoms with Crippen LogP contribution in [0, 0.1) is 5.92 Å². The highest BCUT2D eigenvalue weighted by Crippen LogP contribution is 2.28. The molecule has 1 aliphatic rings. The van der Waals surface area contributed by atoms with Crippen molar-refractivity contribution in [3.05, 3.63) is 27.1 Å². The fourth-order valence-electron chi connectivity index (χ4n) is 1.32. The number of anilines is 1. The summed E-state index contributed by atoms with van der Waals surface area (Å²) in [5.74, 6) is 0.691. The van der Waals surface area contributed by atoms with Crippen LogP contribution in [0.5, 0.6) is 0 Å². The molecule has 3 nitrogen and oxygen atoms in total. The maximum Gasteiger partial charge on any atom is 0.319 e. The lowest BCUT2D eigenvalue weighted by Crippen LogP contribution is -2.30. The Kier molecular flexibility index (Phi) is 3.86. The molecule has 0 aromatic heterocycles. The maximum atomic E-state index is 11.5. The fourth-order valence-corrected chi connectivity index (χ4v) is 2.03. The number of hydrogen-bond donors (Lipinski definition) is 2. The molecule has 2 amide bonds. The summed E-state index contributed by atoms with van der Waals surface area (Å²) in [6, 6.07) is 5.52. The molecule has 1 aromatic rings. The van der Waals surface area contributed by atoms with Gasteiger partial charge < -0.3 is 10.6 Å². The summed E-state index contributed by atoms with van der Waals surface area (Å²) in [6.45, 7) is 0.775. The van der Waals surface area contributed by atoms with E-state index in [1.54, 1.807) is 0 Å². The van der Waals surface area contributed by atoms with Gasteiger partial charge in [-0.3, -0.25) is 0 Å². The molecule has 0 aliphatic heterocycles. The largest absolute Gasteiger partial charge is 0.338 e. The Hall–Kier alpha value is -0.550. The molecule has 1 aromatic carbocycles. The second-order valence-electron chi connectivity index (χ2n) is 3.90. The smallest absolute Gasteiger partial charge is 0.319 e. The SMILES string of the molecule is O=C(NCC1CC1)Nc1cc(Br)ccc1Br. The molecule has 0 heterocycles. The highest BCUT2D eigenvalue weighted by atomic mass is 79.9. The number of hydrogen-bond acceptors (Lipinski definition) is 1. The summed E-state index contributed by atoms with van der Waals surface area (Å²) in [5, 5.41) is 5.66. The van der Waals surface area contributed by atoms with Gasteiger partial charge in [-0.25, -0.2) is 4.79 Å². The van der Waals surface area contributed by atoms with Gasteiger partial charge in [-0.05, 0) is 52.9 Å². The van der Waals surface area contributed by atoms with E-state index >= 15 is 0 Å². The van der Waals surface area contributed by atoms with Crippen molar-refractivity contribution in [2.24, 2.45) is 5.92 Å². The van der Waals surface area contributed by atoms with E-state index in [1.807, 2.05) is 18.2 Å². The summed E-state index contributed by atoms with van der Waals surface area (Å²) >= 11 is 6.75. The third kappa shape index (κ3) is 3.49. The molecule has 0 spiro atoms. The van der Waals surface area contributed by atoms with E-state index in [9.17, 15) is 4.79 Å². The first-order chi connectivity index (χ1) is 7.65. The Morgan fingerprint density at radius 1 is 1.38 bits per heavy atom. The predicted molar refractivity (Wildman–Crippen MR) is 71.6 cm³/mol. The van der Waals surface area contributed by atoms with Gasteiger partial charge in [0.1, 0.15) is 0 Å². The Morgan fingerprint density at radius 2 is 2.12 bits per heavy atom. The van der Waals surface area contributed by atoms with Crippen molar-refractivity contribution in [2.75, 3.05) is 11.9 Å². The number of urea groups is 1. The van der Waals surface area contributed by atoms with Gasteiger partial charge in [-0.15, -0.1) is 0 Å². The van der Waals surface area contributed by atoms with Gasteiger partial charge in [0, 0.05) is 15.5 Å². The Bertz CT molecular complexity index is 405. The number of nitrogens with one attached hydrogen (secondary N) is 2. The molecule has 0 unspecified atom stereocenters. The van der Waals surface area contributed by atoms with Crippen LogP contribution < -0.4 is 10.6 Å².